The van der Waals surface area contributed by atoms with Gasteiger partial charge in [0.2, 0.25) is 5.91 Å². The second-order valence-electron chi connectivity index (χ2n) is 3.52. The number of hydrogen-bond acceptors (Lipinski definition) is 2. The summed E-state index contributed by atoms with van der Waals surface area (Å²) in [7, 11) is 0. The molecule has 68 valence electrons. The van der Waals surface area contributed by atoms with Crippen molar-refractivity contribution in [2.75, 3.05) is 0 Å². The summed E-state index contributed by atoms with van der Waals surface area (Å²) in [5.74, 6) is -1.84. The summed E-state index contributed by atoms with van der Waals surface area (Å²) < 4.78 is 0. The average Bonchev–Trinajstić information content (AvgIpc) is 1.79. The first-order valence-corrected chi connectivity index (χ1v) is 3.50. The van der Waals surface area contributed by atoms with Crippen LogP contribution in [0.3, 0.4) is 0 Å². The van der Waals surface area contributed by atoms with Gasteiger partial charge in [0.15, 0.2) is 0 Å². The molecule has 1 amide bonds. The van der Waals surface area contributed by atoms with Gasteiger partial charge >= 0.3 is 5.97 Å². The van der Waals surface area contributed by atoms with Crippen molar-refractivity contribution in [3.8, 4) is 0 Å². The molecule has 0 bridgehead atoms. The molecule has 0 saturated heterocycles. The Kier molecular flexibility index (Phi) is 3.01. The molecule has 0 fully saturated rings. The number of rotatable bonds is 2. The lowest BCUT2D eigenvalue weighted by atomic mass is 9.86. The van der Waals surface area contributed by atoms with Gasteiger partial charge in [-0.05, 0) is 5.41 Å². The van der Waals surface area contributed by atoms with E-state index in [1.165, 1.54) is 0 Å². The molecule has 12 heavy (non-hydrogen) atoms. The number of carboxylic acids is 1. The zero-order chi connectivity index (χ0) is 9.94. The van der Waals surface area contributed by atoms with E-state index in [-0.39, 0.29) is 5.57 Å². The lowest BCUT2D eigenvalue weighted by Crippen LogP contribution is -2.20. The Balaban J connectivity index is 4.94. The molecule has 0 unspecified atom stereocenters. The van der Waals surface area contributed by atoms with E-state index in [1.54, 1.807) is 20.8 Å². The summed E-state index contributed by atoms with van der Waals surface area (Å²) in [5.41, 5.74) is 4.30. The van der Waals surface area contributed by atoms with Crippen molar-refractivity contribution >= 4 is 11.9 Å². The summed E-state index contributed by atoms with van der Waals surface area (Å²) in [6.07, 6.45) is 0.947. The van der Waals surface area contributed by atoms with Crippen molar-refractivity contribution in [1.82, 2.24) is 0 Å². The van der Waals surface area contributed by atoms with Crippen LogP contribution in [0.5, 0.6) is 0 Å². The molecule has 0 spiro atoms. The summed E-state index contributed by atoms with van der Waals surface area (Å²) in [5, 5.41) is 8.68. The van der Waals surface area contributed by atoms with Crippen LogP contribution in [-0.2, 0) is 9.59 Å². The first-order chi connectivity index (χ1) is 5.25. The monoisotopic (exact) mass is 171 g/mol. The van der Waals surface area contributed by atoms with Gasteiger partial charge in [-0.3, -0.25) is 4.79 Å². The third-order valence-electron chi connectivity index (χ3n) is 1.33. The average molecular weight is 171 g/mol. The molecule has 0 radical (unpaired) electrons. The largest absolute Gasteiger partial charge is 0.478 e. The summed E-state index contributed by atoms with van der Waals surface area (Å²) in [6, 6.07) is 0. The van der Waals surface area contributed by atoms with Crippen LogP contribution in [0.1, 0.15) is 20.8 Å². The number of primary amides is 1. The van der Waals surface area contributed by atoms with Crippen molar-refractivity contribution in [3.63, 3.8) is 0 Å². The van der Waals surface area contributed by atoms with Gasteiger partial charge in [0.1, 0.15) is 0 Å². The zero-order valence-corrected chi connectivity index (χ0v) is 7.42. The summed E-state index contributed by atoms with van der Waals surface area (Å²) in [6.45, 7) is 5.11. The lowest BCUT2D eigenvalue weighted by Gasteiger charge is -2.18. The molecule has 0 aliphatic carbocycles. The Labute approximate surface area is 71.1 Å². The van der Waals surface area contributed by atoms with Crippen LogP contribution in [0, 0.1) is 5.41 Å². The number of hydrogen-bond donors (Lipinski definition) is 2. The Morgan fingerprint density at radius 3 is 1.83 bits per heavy atom. The van der Waals surface area contributed by atoms with E-state index in [0.717, 1.165) is 6.08 Å². The van der Waals surface area contributed by atoms with E-state index in [9.17, 15) is 9.59 Å². The maximum absolute atomic E-state index is 10.6. The predicted molar refractivity (Wildman–Crippen MR) is 44.4 cm³/mol. The molecule has 4 heteroatoms. The van der Waals surface area contributed by atoms with Crippen LogP contribution < -0.4 is 5.73 Å². The molecule has 0 aliphatic heterocycles. The fourth-order valence-electron chi connectivity index (χ4n) is 0.741. The molecular formula is C8H13NO3. The predicted octanol–water partition coefficient (Wildman–Crippen LogP) is 0.529. The first kappa shape index (κ1) is 10.7. The first-order valence-electron chi connectivity index (χ1n) is 3.50. The SMILES string of the molecule is CC(C)(C)/C(=C/C(N)=O)C(=O)O. The van der Waals surface area contributed by atoms with Gasteiger partial charge in [0, 0.05) is 11.6 Å². The number of nitrogens with two attached hydrogens (primary N) is 1. The third-order valence-corrected chi connectivity index (χ3v) is 1.33. The van der Waals surface area contributed by atoms with Gasteiger partial charge in [-0.2, -0.15) is 0 Å². The highest BCUT2D eigenvalue weighted by atomic mass is 16.4. The number of amides is 1. The Hall–Kier alpha value is -1.32. The van der Waals surface area contributed by atoms with Gasteiger partial charge in [0.05, 0.1) is 0 Å². The molecular weight excluding hydrogens is 158 g/mol. The minimum absolute atomic E-state index is 0.0231. The van der Waals surface area contributed by atoms with E-state index in [1.807, 2.05) is 0 Å². The normalized spacial score (nSPS) is 12.8. The van der Waals surface area contributed by atoms with E-state index in [2.05, 4.69) is 0 Å². The van der Waals surface area contributed by atoms with Gasteiger partial charge < -0.3 is 10.8 Å². The van der Waals surface area contributed by atoms with Gasteiger partial charge in [-0.25, -0.2) is 4.79 Å². The van der Waals surface area contributed by atoms with E-state index in [0.29, 0.717) is 0 Å². The molecule has 0 aliphatic rings. The quantitative estimate of drug-likeness (QED) is 0.594. The van der Waals surface area contributed by atoms with Crippen LogP contribution in [0.15, 0.2) is 11.6 Å². The summed E-state index contributed by atoms with van der Waals surface area (Å²) >= 11 is 0. The Bertz CT molecular complexity index is 235. The highest BCUT2D eigenvalue weighted by Gasteiger charge is 2.23. The highest BCUT2D eigenvalue weighted by Crippen LogP contribution is 2.24. The zero-order valence-electron chi connectivity index (χ0n) is 7.42. The minimum atomic E-state index is -1.11. The Morgan fingerprint density at radius 2 is 1.75 bits per heavy atom. The van der Waals surface area contributed by atoms with Crippen LogP contribution in [-0.4, -0.2) is 17.0 Å². The smallest absolute Gasteiger partial charge is 0.332 e. The molecule has 3 N–H and O–H groups in total. The molecule has 4 nitrogen and oxygen atoms in total. The molecule has 0 aromatic heterocycles. The van der Waals surface area contributed by atoms with Crippen LogP contribution in [0.25, 0.3) is 0 Å². The second kappa shape index (κ2) is 3.38. The third kappa shape index (κ3) is 3.18. The van der Waals surface area contributed by atoms with E-state index in [4.69, 9.17) is 10.8 Å². The maximum Gasteiger partial charge on any atom is 0.332 e. The van der Waals surface area contributed by atoms with Gasteiger partial charge in [-0.15, -0.1) is 0 Å². The Morgan fingerprint density at radius 1 is 1.33 bits per heavy atom. The summed E-state index contributed by atoms with van der Waals surface area (Å²) in [4.78, 5) is 21.0. The van der Waals surface area contributed by atoms with Crippen molar-refractivity contribution in [2.24, 2.45) is 11.1 Å². The molecule has 0 aromatic carbocycles. The molecule has 0 aromatic rings. The lowest BCUT2D eigenvalue weighted by molar-refractivity contribution is -0.134. The number of carbonyl (C=O) groups excluding carboxylic acids is 1. The molecule has 0 saturated carbocycles. The fraction of sp³-hybridized carbons (Fsp3) is 0.500. The standard InChI is InChI=1S/C8H13NO3/c1-8(2,3)5(7(11)12)4-6(9)10/h4H,1-3H3,(H2,9,10)(H,11,12)/b5-4+. The van der Waals surface area contributed by atoms with E-state index >= 15 is 0 Å². The van der Waals surface area contributed by atoms with Crippen LogP contribution in [0.2, 0.25) is 0 Å². The van der Waals surface area contributed by atoms with Crippen molar-refractivity contribution in [2.45, 2.75) is 20.8 Å². The van der Waals surface area contributed by atoms with Crippen molar-refractivity contribution < 1.29 is 14.7 Å². The highest BCUT2D eigenvalue weighted by molar-refractivity contribution is 5.97. The number of carbonyl (C=O) groups is 2. The molecule has 0 rings (SSSR count). The fourth-order valence-corrected chi connectivity index (χ4v) is 0.741. The topological polar surface area (TPSA) is 80.4 Å². The van der Waals surface area contributed by atoms with Gasteiger partial charge in [0.25, 0.3) is 0 Å². The van der Waals surface area contributed by atoms with Crippen LogP contribution >= 0.6 is 0 Å². The minimum Gasteiger partial charge on any atom is -0.478 e. The number of aliphatic carboxylic acids is 1. The van der Waals surface area contributed by atoms with Crippen molar-refractivity contribution in [3.05, 3.63) is 11.6 Å². The molecule has 0 atom stereocenters. The van der Waals surface area contributed by atoms with Gasteiger partial charge in [-0.1, -0.05) is 20.8 Å². The molecule has 0 heterocycles. The van der Waals surface area contributed by atoms with E-state index < -0.39 is 17.3 Å². The maximum atomic E-state index is 10.6. The number of carboxylic acid groups (broad SMARTS) is 1. The van der Waals surface area contributed by atoms with Crippen molar-refractivity contribution in [1.29, 1.82) is 0 Å². The van der Waals surface area contributed by atoms with Crippen LogP contribution in [0.4, 0.5) is 0 Å². The second-order valence-corrected chi connectivity index (χ2v) is 3.52.